The predicted octanol–water partition coefficient (Wildman–Crippen LogP) is 4.20. The average Bonchev–Trinajstić information content (AvgIpc) is 2.40. The molecule has 0 fully saturated rings. The van der Waals surface area contributed by atoms with E-state index in [0.29, 0.717) is 12.1 Å². The zero-order valence-corrected chi connectivity index (χ0v) is 11.6. The van der Waals surface area contributed by atoms with E-state index in [1.165, 1.54) is 11.6 Å². The Kier molecular flexibility index (Phi) is 4.94. The summed E-state index contributed by atoms with van der Waals surface area (Å²) in [6.07, 6.45) is 0.894. The number of hydrogen-bond donors (Lipinski definition) is 1. The van der Waals surface area contributed by atoms with Gasteiger partial charge in [-0.2, -0.15) is 0 Å². The van der Waals surface area contributed by atoms with Gasteiger partial charge < -0.3 is 5.32 Å². The molecule has 0 aliphatic rings. The second-order valence-corrected chi connectivity index (χ2v) is 5.14. The lowest BCUT2D eigenvalue weighted by Gasteiger charge is -2.14. The first-order valence-corrected chi connectivity index (χ1v) is 6.74. The van der Waals surface area contributed by atoms with E-state index in [4.69, 9.17) is 11.6 Å². The molecule has 1 atom stereocenters. The van der Waals surface area contributed by atoms with Gasteiger partial charge in [-0.05, 0) is 37.1 Å². The van der Waals surface area contributed by atoms with E-state index in [2.05, 4.69) is 12.2 Å². The molecule has 0 aromatic heterocycles. The van der Waals surface area contributed by atoms with Crippen LogP contribution in [0.2, 0.25) is 5.02 Å². The topological polar surface area (TPSA) is 12.0 Å². The molecule has 0 saturated carbocycles. The van der Waals surface area contributed by atoms with E-state index in [1.807, 2.05) is 30.3 Å². The van der Waals surface area contributed by atoms with E-state index in [1.54, 1.807) is 12.1 Å². The van der Waals surface area contributed by atoms with Crippen LogP contribution in [0.15, 0.2) is 48.5 Å². The van der Waals surface area contributed by atoms with Crippen LogP contribution in [-0.2, 0) is 13.0 Å². The summed E-state index contributed by atoms with van der Waals surface area (Å²) in [5.74, 6) is -0.159. The molecule has 0 bridgehead atoms. The Morgan fingerprint density at radius 1 is 1.11 bits per heavy atom. The quantitative estimate of drug-likeness (QED) is 0.864. The predicted molar refractivity (Wildman–Crippen MR) is 77.9 cm³/mol. The SMILES string of the molecule is CC(Cc1ccc(Cl)cc1)NCc1ccccc1F. The number of hydrogen-bond acceptors (Lipinski definition) is 1. The maximum absolute atomic E-state index is 13.5. The fraction of sp³-hybridized carbons (Fsp3) is 0.250. The lowest BCUT2D eigenvalue weighted by molar-refractivity contribution is 0.525. The van der Waals surface area contributed by atoms with Crippen LogP contribution in [-0.4, -0.2) is 6.04 Å². The fourth-order valence-corrected chi connectivity index (χ4v) is 2.10. The molecule has 0 aliphatic heterocycles. The first-order valence-electron chi connectivity index (χ1n) is 6.36. The van der Waals surface area contributed by atoms with Crippen molar-refractivity contribution in [3.8, 4) is 0 Å². The van der Waals surface area contributed by atoms with Crippen LogP contribution < -0.4 is 5.32 Å². The summed E-state index contributed by atoms with van der Waals surface area (Å²) in [4.78, 5) is 0. The van der Waals surface area contributed by atoms with Gasteiger partial charge in [0.25, 0.3) is 0 Å². The van der Waals surface area contributed by atoms with Crippen LogP contribution >= 0.6 is 11.6 Å². The molecule has 0 radical (unpaired) electrons. The third-order valence-electron chi connectivity index (χ3n) is 3.05. The van der Waals surface area contributed by atoms with E-state index < -0.39 is 0 Å². The van der Waals surface area contributed by atoms with E-state index in [-0.39, 0.29) is 11.9 Å². The van der Waals surface area contributed by atoms with Crippen molar-refractivity contribution in [3.05, 3.63) is 70.5 Å². The number of benzene rings is 2. The summed E-state index contributed by atoms with van der Waals surface area (Å²) >= 11 is 5.85. The van der Waals surface area contributed by atoms with Crippen molar-refractivity contribution in [1.29, 1.82) is 0 Å². The van der Waals surface area contributed by atoms with Crippen molar-refractivity contribution >= 4 is 11.6 Å². The van der Waals surface area contributed by atoms with Crippen molar-refractivity contribution < 1.29 is 4.39 Å². The first kappa shape index (κ1) is 14.0. The molecule has 19 heavy (non-hydrogen) atoms. The Labute approximate surface area is 118 Å². The summed E-state index contributed by atoms with van der Waals surface area (Å²) in [6.45, 7) is 2.64. The van der Waals surface area contributed by atoms with Gasteiger partial charge in [-0.1, -0.05) is 41.9 Å². The standard InChI is InChI=1S/C16H17ClFN/c1-12(10-13-6-8-15(17)9-7-13)19-11-14-4-2-3-5-16(14)18/h2-9,12,19H,10-11H2,1H3. The van der Waals surface area contributed by atoms with Gasteiger partial charge in [-0.15, -0.1) is 0 Å². The van der Waals surface area contributed by atoms with Crippen molar-refractivity contribution in [2.24, 2.45) is 0 Å². The first-order chi connectivity index (χ1) is 9.15. The van der Waals surface area contributed by atoms with E-state index in [0.717, 1.165) is 11.4 Å². The summed E-state index contributed by atoms with van der Waals surface area (Å²) in [6, 6.07) is 14.9. The Balaban J connectivity index is 1.86. The molecular weight excluding hydrogens is 261 g/mol. The highest BCUT2D eigenvalue weighted by molar-refractivity contribution is 6.30. The molecule has 0 amide bonds. The number of nitrogens with one attached hydrogen (secondary N) is 1. The van der Waals surface area contributed by atoms with Crippen molar-refractivity contribution in [1.82, 2.24) is 5.32 Å². The molecule has 2 aromatic carbocycles. The average molecular weight is 278 g/mol. The molecule has 3 heteroatoms. The highest BCUT2D eigenvalue weighted by Crippen LogP contribution is 2.11. The number of rotatable bonds is 5. The summed E-state index contributed by atoms with van der Waals surface area (Å²) < 4.78 is 13.5. The fourth-order valence-electron chi connectivity index (χ4n) is 1.97. The Hall–Kier alpha value is -1.38. The van der Waals surface area contributed by atoms with Crippen LogP contribution in [0.4, 0.5) is 4.39 Å². The van der Waals surface area contributed by atoms with Crippen LogP contribution in [0.3, 0.4) is 0 Å². The van der Waals surface area contributed by atoms with Crippen LogP contribution in [0, 0.1) is 5.82 Å². The Bertz CT molecular complexity index is 525. The Morgan fingerprint density at radius 3 is 2.47 bits per heavy atom. The van der Waals surface area contributed by atoms with Gasteiger partial charge in [0.15, 0.2) is 0 Å². The third kappa shape index (κ3) is 4.34. The van der Waals surface area contributed by atoms with Crippen LogP contribution in [0.1, 0.15) is 18.1 Å². The highest BCUT2D eigenvalue weighted by atomic mass is 35.5. The molecule has 1 unspecified atom stereocenters. The van der Waals surface area contributed by atoms with Crippen molar-refractivity contribution in [3.63, 3.8) is 0 Å². The third-order valence-corrected chi connectivity index (χ3v) is 3.31. The molecule has 0 aliphatic carbocycles. The van der Waals surface area contributed by atoms with Gasteiger partial charge >= 0.3 is 0 Å². The lowest BCUT2D eigenvalue weighted by atomic mass is 10.1. The zero-order valence-electron chi connectivity index (χ0n) is 10.9. The van der Waals surface area contributed by atoms with Crippen molar-refractivity contribution in [2.75, 3.05) is 0 Å². The van der Waals surface area contributed by atoms with Gasteiger partial charge in [0.2, 0.25) is 0 Å². The monoisotopic (exact) mass is 277 g/mol. The molecule has 0 spiro atoms. The van der Waals surface area contributed by atoms with Gasteiger partial charge in [0.1, 0.15) is 5.82 Å². The lowest BCUT2D eigenvalue weighted by Crippen LogP contribution is -2.27. The largest absolute Gasteiger partial charge is 0.310 e. The van der Waals surface area contributed by atoms with Crippen LogP contribution in [0.5, 0.6) is 0 Å². The molecule has 1 N–H and O–H groups in total. The van der Waals surface area contributed by atoms with Gasteiger partial charge in [0.05, 0.1) is 0 Å². The minimum absolute atomic E-state index is 0.159. The molecule has 0 saturated heterocycles. The number of halogens is 2. The zero-order chi connectivity index (χ0) is 13.7. The van der Waals surface area contributed by atoms with Crippen molar-refractivity contribution in [2.45, 2.75) is 25.9 Å². The second-order valence-electron chi connectivity index (χ2n) is 4.70. The maximum Gasteiger partial charge on any atom is 0.127 e. The molecule has 0 heterocycles. The minimum Gasteiger partial charge on any atom is -0.310 e. The van der Waals surface area contributed by atoms with Crippen LogP contribution in [0.25, 0.3) is 0 Å². The summed E-state index contributed by atoms with van der Waals surface area (Å²) in [5, 5.41) is 4.08. The minimum atomic E-state index is -0.159. The molecule has 2 rings (SSSR count). The maximum atomic E-state index is 13.5. The smallest absolute Gasteiger partial charge is 0.127 e. The van der Waals surface area contributed by atoms with Gasteiger partial charge in [-0.3, -0.25) is 0 Å². The molecule has 2 aromatic rings. The second kappa shape index (κ2) is 6.69. The van der Waals surface area contributed by atoms with Gasteiger partial charge in [-0.25, -0.2) is 4.39 Å². The summed E-state index contributed by atoms with van der Waals surface area (Å²) in [5.41, 5.74) is 1.92. The normalized spacial score (nSPS) is 12.4. The molecular formula is C16H17ClFN. The van der Waals surface area contributed by atoms with E-state index in [9.17, 15) is 4.39 Å². The van der Waals surface area contributed by atoms with Gasteiger partial charge in [0, 0.05) is 23.2 Å². The highest BCUT2D eigenvalue weighted by Gasteiger charge is 2.05. The summed E-state index contributed by atoms with van der Waals surface area (Å²) in [7, 11) is 0. The molecule has 100 valence electrons. The van der Waals surface area contributed by atoms with E-state index >= 15 is 0 Å². The Morgan fingerprint density at radius 2 is 1.79 bits per heavy atom. The molecule has 1 nitrogen and oxygen atoms in total.